The van der Waals surface area contributed by atoms with Crippen molar-refractivity contribution in [3.05, 3.63) is 84.9 Å². The number of phenols is 1. The minimum absolute atomic E-state index is 0.275. The normalized spacial score (nSPS) is 11.4. The molecule has 0 aliphatic heterocycles. The summed E-state index contributed by atoms with van der Waals surface area (Å²) in [6.45, 7) is 0. The summed E-state index contributed by atoms with van der Waals surface area (Å²) in [5.74, 6) is 0.275. The molecule has 0 fully saturated rings. The number of fused-ring (bicyclic) bond motifs is 3. The first-order valence-electron chi connectivity index (χ1n) is 8.30. The first-order valence-corrected chi connectivity index (χ1v) is 8.30. The molecule has 0 bridgehead atoms. The standard InChI is InChI=1S/C23H15NO/c25-18-11-9-15(10-12-18)23-19-7-3-4-8-21(19)24-22-14-17-6-2-1-5-16(17)13-20(22)23/h1-14,25H. The van der Waals surface area contributed by atoms with Crippen molar-refractivity contribution in [2.24, 2.45) is 0 Å². The molecule has 0 radical (unpaired) electrons. The van der Waals surface area contributed by atoms with Gasteiger partial charge in [0, 0.05) is 16.3 Å². The molecule has 0 spiro atoms. The topological polar surface area (TPSA) is 33.1 Å². The SMILES string of the molecule is Oc1ccc(-c2c3ccccc3nc3cc4ccccc4cc23)cc1. The Kier molecular flexibility index (Phi) is 2.98. The van der Waals surface area contributed by atoms with Gasteiger partial charge in [-0.3, -0.25) is 0 Å². The average molecular weight is 321 g/mol. The summed E-state index contributed by atoms with van der Waals surface area (Å²) in [4.78, 5) is 4.88. The Hall–Kier alpha value is -3.39. The summed E-state index contributed by atoms with van der Waals surface area (Å²) in [7, 11) is 0. The number of benzene rings is 4. The molecule has 5 aromatic rings. The van der Waals surface area contributed by atoms with E-state index in [9.17, 15) is 5.11 Å². The van der Waals surface area contributed by atoms with Crippen molar-refractivity contribution in [1.29, 1.82) is 0 Å². The lowest BCUT2D eigenvalue weighted by molar-refractivity contribution is 0.475. The lowest BCUT2D eigenvalue weighted by atomic mass is 9.94. The van der Waals surface area contributed by atoms with Gasteiger partial charge in [-0.25, -0.2) is 4.98 Å². The van der Waals surface area contributed by atoms with Crippen LogP contribution in [0.2, 0.25) is 0 Å². The molecule has 25 heavy (non-hydrogen) atoms. The van der Waals surface area contributed by atoms with E-state index in [1.807, 2.05) is 30.3 Å². The van der Waals surface area contributed by atoms with Gasteiger partial charge in [0.25, 0.3) is 0 Å². The van der Waals surface area contributed by atoms with Gasteiger partial charge >= 0.3 is 0 Å². The maximum atomic E-state index is 9.66. The van der Waals surface area contributed by atoms with Gasteiger partial charge in [-0.15, -0.1) is 0 Å². The maximum absolute atomic E-state index is 9.66. The Morgan fingerprint density at radius 3 is 2.08 bits per heavy atom. The molecular formula is C23H15NO. The quantitative estimate of drug-likeness (QED) is 0.389. The Morgan fingerprint density at radius 1 is 0.600 bits per heavy atom. The monoisotopic (exact) mass is 321 g/mol. The highest BCUT2D eigenvalue weighted by atomic mass is 16.3. The Balaban J connectivity index is 1.99. The fourth-order valence-electron chi connectivity index (χ4n) is 3.52. The largest absolute Gasteiger partial charge is 0.508 e. The average Bonchev–Trinajstić information content (AvgIpc) is 2.65. The molecule has 0 aliphatic carbocycles. The summed E-state index contributed by atoms with van der Waals surface area (Å²) in [5.41, 5.74) is 4.21. The van der Waals surface area contributed by atoms with Crippen LogP contribution in [-0.2, 0) is 0 Å². The summed E-state index contributed by atoms with van der Waals surface area (Å²) < 4.78 is 0. The van der Waals surface area contributed by atoms with Crippen LogP contribution in [0, 0.1) is 0 Å². The molecule has 0 aliphatic rings. The predicted octanol–water partition coefficient (Wildman–Crippen LogP) is 5.91. The minimum atomic E-state index is 0.275. The fraction of sp³-hybridized carbons (Fsp3) is 0. The van der Waals surface area contributed by atoms with Gasteiger partial charge in [0.2, 0.25) is 0 Å². The van der Waals surface area contributed by atoms with Crippen molar-refractivity contribution >= 4 is 32.6 Å². The molecule has 0 saturated heterocycles. The van der Waals surface area contributed by atoms with Crippen LogP contribution in [0.25, 0.3) is 43.7 Å². The van der Waals surface area contributed by atoms with Crippen molar-refractivity contribution < 1.29 is 5.11 Å². The molecule has 1 heterocycles. The van der Waals surface area contributed by atoms with Crippen LogP contribution in [-0.4, -0.2) is 10.1 Å². The Morgan fingerprint density at radius 2 is 1.28 bits per heavy atom. The minimum Gasteiger partial charge on any atom is -0.508 e. The maximum Gasteiger partial charge on any atom is 0.115 e. The van der Waals surface area contributed by atoms with E-state index in [0.29, 0.717) is 0 Å². The number of phenolic OH excluding ortho intramolecular Hbond substituents is 1. The van der Waals surface area contributed by atoms with E-state index >= 15 is 0 Å². The van der Waals surface area contributed by atoms with Crippen LogP contribution >= 0.6 is 0 Å². The number of para-hydroxylation sites is 1. The molecule has 0 amide bonds. The van der Waals surface area contributed by atoms with Crippen LogP contribution in [0.5, 0.6) is 5.75 Å². The van der Waals surface area contributed by atoms with E-state index in [-0.39, 0.29) is 5.75 Å². The van der Waals surface area contributed by atoms with E-state index in [1.165, 1.54) is 10.8 Å². The van der Waals surface area contributed by atoms with Gasteiger partial charge in [-0.1, -0.05) is 54.6 Å². The second-order valence-electron chi connectivity index (χ2n) is 6.27. The van der Waals surface area contributed by atoms with Crippen LogP contribution in [0.1, 0.15) is 0 Å². The molecule has 2 nitrogen and oxygen atoms in total. The van der Waals surface area contributed by atoms with Gasteiger partial charge in [0.1, 0.15) is 5.75 Å². The number of pyridine rings is 1. The van der Waals surface area contributed by atoms with E-state index in [0.717, 1.165) is 32.9 Å². The third kappa shape index (κ3) is 2.23. The second kappa shape index (κ2) is 5.32. The number of aromatic nitrogens is 1. The smallest absolute Gasteiger partial charge is 0.115 e. The fourth-order valence-corrected chi connectivity index (χ4v) is 3.52. The van der Waals surface area contributed by atoms with Crippen molar-refractivity contribution in [3.8, 4) is 16.9 Å². The molecule has 2 heteroatoms. The summed E-state index contributed by atoms with van der Waals surface area (Å²) >= 11 is 0. The number of hydrogen-bond donors (Lipinski definition) is 1. The summed E-state index contributed by atoms with van der Waals surface area (Å²) in [5, 5.41) is 14.3. The summed E-state index contributed by atoms with van der Waals surface area (Å²) in [6, 6.07) is 28.3. The van der Waals surface area contributed by atoms with E-state index in [4.69, 9.17) is 4.98 Å². The van der Waals surface area contributed by atoms with Gasteiger partial charge < -0.3 is 5.11 Å². The Labute approximate surface area is 145 Å². The molecule has 5 rings (SSSR count). The highest BCUT2D eigenvalue weighted by Gasteiger charge is 2.12. The van der Waals surface area contributed by atoms with E-state index in [2.05, 4.69) is 42.5 Å². The third-order valence-electron chi connectivity index (χ3n) is 4.70. The van der Waals surface area contributed by atoms with Gasteiger partial charge in [0.15, 0.2) is 0 Å². The zero-order chi connectivity index (χ0) is 16.8. The number of nitrogens with zero attached hydrogens (tertiary/aromatic N) is 1. The van der Waals surface area contributed by atoms with Crippen LogP contribution < -0.4 is 0 Å². The molecule has 0 saturated carbocycles. The van der Waals surface area contributed by atoms with Crippen molar-refractivity contribution in [2.75, 3.05) is 0 Å². The van der Waals surface area contributed by atoms with Crippen LogP contribution in [0.3, 0.4) is 0 Å². The van der Waals surface area contributed by atoms with Gasteiger partial charge in [-0.2, -0.15) is 0 Å². The zero-order valence-corrected chi connectivity index (χ0v) is 13.5. The molecule has 0 unspecified atom stereocenters. The van der Waals surface area contributed by atoms with E-state index in [1.54, 1.807) is 12.1 Å². The number of rotatable bonds is 1. The zero-order valence-electron chi connectivity index (χ0n) is 13.5. The van der Waals surface area contributed by atoms with E-state index < -0.39 is 0 Å². The lowest BCUT2D eigenvalue weighted by Gasteiger charge is -2.12. The molecule has 1 aromatic heterocycles. The molecular weight excluding hydrogens is 306 g/mol. The third-order valence-corrected chi connectivity index (χ3v) is 4.70. The predicted molar refractivity (Wildman–Crippen MR) is 104 cm³/mol. The first kappa shape index (κ1) is 14.0. The second-order valence-corrected chi connectivity index (χ2v) is 6.27. The van der Waals surface area contributed by atoms with Crippen LogP contribution in [0.4, 0.5) is 0 Å². The van der Waals surface area contributed by atoms with Crippen molar-refractivity contribution in [2.45, 2.75) is 0 Å². The highest BCUT2D eigenvalue weighted by molar-refractivity contribution is 6.12. The molecule has 0 atom stereocenters. The van der Waals surface area contributed by atoms with Gasteiger partial charge in [0.05, 0.1) is 11.0 Å². The number of aromatic hydroxyl groups is 1. The summed E-state index contributed by atoms with van der Waals surface area (Å²) in [6.07, 6.45) is 0. The van der Waals surface area contributed by atoms with Crippen molar-refractivity contribution in [1.82, 2.24) is 4.98 Å². The van der Waals surface area contributed by atoms with Crippen molar-refractivity contribution in [3.63, 3.8) is 0 Å². The lowest BCUT2D eigenvalue weighted by Crippen LogP contribution is -1.89. The molecule has 4 aromatic carbocycles. The molecule has 118 valence electrons. The van der Waals surface area contributed by atoms with Crippen LogP contribution in [0.15, 0.2) is 84.9 Å². The van der Waals surface area contributed by atoms with Gasteiger partial charge in [-0.05, 0) is 46.7 Å². The molecule has 1 N–H and O–H groups in total. The highest BCUT2D eigenvalue weighted by Crippen LogP contribution is 2.37. The Bertz CT molecular complexity index is 1230. The number of hydrogen-bond acceptors (Lipinski definition) is 2. The first-order chi connectivity index (χ1) is 12.3.